The summed E-state index contributed by atoms with van der Waals surface area (Å²) in [7, 11) is 2.24. The van der Waals surface area contributed by atoms with E-state index in [4.69, 9.17) is 0 Å². The van der Waals surface area contributed by atoms with Crippen molar-refractivity contribution >= 4 is 5.69 Å². The molecule has 0 spiro atoms. The lowest BCUT2D eigenvalue weighted by Gasteiger charge is -2.40. The van der Waals surface area contributed by atoms with Crippen LogP contribution in [0.15, 0.2) is 24.3 Å². The molecule has 3 heteroatoms. The summed E-state index contributed by atoms with van der Waals surface area (Å²) >= 11 is 0. The van der Waals surface area contributed by atoms with Crippen LogP contribution in [0.2, 0.25) is 0 Å². The molecule has 19 heavy (non-hydrogen) atoms. The fourth-order valence-electron chi connectivity index (χ4n) is 3.29. The third kappa shape index (κ3) is 2.93. The lowest BCUT2D eigenvalue weighted by molar-refractivity contribution is 0.0932. The van der Waals surface area contributed by atoms with Gasteiger partial charge in [0.25, 0.3) is 0 Å². The molecule has 0 aliphatic carbocycles. The second-order valence-corrected chi connectivity index (χ2v) is 6.20. The number of hydrogen-bond donors (Lipinski definition) is 1. The lowest BCUT2D eigenvalue weighted by Crippen LogP contribution is -2.51. The normalized spacial score (nSPS) is 28.7. The molecule has 2 aliphatic heterocycles. The van der Waals surface area contributed by atoms with E-state index < -0.39 is 0 Å². The molecule has 104 valence electrons. The average Bonchev–Trinajstić information content (AvgIpc) is 2.43. The number of hydrogen-bond acceptors (Lipinski definition) is 3. The highest BCUT2D eigenvalue weighted by Crippen LogP contribution is 2.25. The molecule has 0 radical (unpaired) electrons. The van der Waals surface area contributed by atoms with Crippen molar-refractivity contribution in [2.75, 3.05) is 45.1 Å². The predicted molar refractivity (Wildman–Crippen MR) is 80.7 cm³/mol. The zero-order valence-corrected chi connectivity index (χ0v) is 12.1. The molecule has 3 rings (SSSR count). The van der Waals surface area contributed by atoms with Crippen molar-refractivity contribution in [3.8, 4) is 0 Å². The molecule has 1 fully saturated rings. The first-order chi connectivity index (χ1) is 9.22. The Kier molecular flexibility index (Phi) is 3.76. The van der Waals surface area contributed by atoms with Gasteiger partial charge in [-0.3, -0.25) is 0 Å². The topological polar surface area (TPSA) is 18.5 Å². The first kappa shape index (κ1) is 12.9. The van der Waals surface area contributed by atoms with Crippen molar-refractivity contribution in [1.29, 1.82) is 0 Å². The summed E-state index contributed by atoms with van der Waals surface area (Å²) in [4.78, 5) is 5.11. The molecule has 0 bridgehead atoms. The fraction of sp³-hybridized carbons (Fsp3) is 0.625. The average molecular weight is 259 g/mol. The number of fused-ring (bicyclic) bond motifs is 1. The van der Waals surface area contributed by atoms with Crippen LogP contribution in [0.5, 0.6) is 0 Å². The summed E-state index contributed by atoms with van der Waals surface area (Å²) in [5, 5.41) is 3.59. The van der Waals surface area contributed by atoms with Crippen molar-refractivity contribution < 1.29 is 0 Å². The van der Waals surface area contributed by atoms with Gasteiger partial charge < -0.3 is 15.1 Å². The number of piperazine rings is 1. The molecule has 1 saturated heterocycles. The van der Waals surface area contributed by atoms with Crippen LogP contribution in [-0.4, -0.2) is 55.6 Å². The van der Waals surface area contributed by atoms with Crippen LogP contribution in [0.1, 0.15) is 12.5 Å². The van der Waals surface area contributed by atoms with Crippen molar-refractivity contribution in [1.82, 2.24) is 9.80 Å². The minimum absolute atomic E-state index is 0.692. The van der Waals surface area contributed by atoms with Crippen molar-refractivity contribution in [3.05, 3.63) is 29.8 Å². The number of rotatable bonds is 2. The third-order valence-corrected chi connectivity index (χ3v) is 4.67. The summed E-state index contributed by atoms with van der Waals surface area (Å²) in [6, 6.07) is 9.43. The van der Waals surface area contributed by atoms with Gasteiger partial charge >= 0.3 is 0 Å². The number of nitrogens with one attached hydrogen (secondary N) is 1. The highest BCUT2D eigenvalue weighted by atomic mass is 15.3. The van der Waals surface area contributed by atoms with Crippen LogP contribution < -0.4 is 5.32 Å². The van der Waals surface area contributed by atoms with Gasteiger partial charge in [0.1, 0.15) is 0 Å². The molecule has 0 aromatic heterocycles. The van der Waals surface area contributed by atoms with Crippen LogP contribution in [0.25, 0.3) is 0 Å². The molecule has 2 aliphatic rings. The SMILES string of the molecule is CC1CN(CC2CNc3ccccc3C2)CCN1C. The first-order valence-electron chi connectivity index (χ1n) is 7.47. The van der Waals surface area contributed by atoms with Crippen molar-refractivity contribution in [3.63, 3.8) is 0 Å². The fourth-order valence-corrected chi connectivity index (χ4v) is 3.29. The molecule has 0 saturated carbocycles. The Bertz CT molecular complexity index is 432. The largest absolute Gasteiger partial charge is 0.384 e. The van der Waals surface area contributed by atoms with Gasteiger partial charge in [0, 0.05) is 44.5 Å². The molecule has 1 aromatic rings. The van der Waals surface area contributed by atoms with Gasteiger partial charge in [-0.15, -0.1) is 0 Å². The molecular formula is C16H25N3. The quantitative estimate of drug-likeness (QED) is 0.875. The second-order valence-electron chi connectivity index (χ2n) is 6.20. The molecule has 3 nitrogen and oxygen atoms in total. The summed E-state index contributed by atoms with van der Waals surface area (Å²) in [5.41, 5.74) is 2.83. The Balaban J connectivity index is 1.57. The van der Waals surface area contributed by atoms with E-state index >= 15 is 0 Å². The highest BCUT2D eigenvalue weighted by Gasteiger charge is 2.25. The summed E-state index contributed by atoms with van der Waals surface area (Å²) in [5.74, 6) is 0.755. The van der Waals surface area contributed by atoms with E-state index in [-0.39, 0.29) is 0 Å². The number of para-hydroxylation sites is 1. The van der Waals surface area contributed by atoms with E-state index in [1.165, 1.54) is 43.9 Å². The summed E-state index contributed by atoms with van der Waals surface area (Å²) in [6.45, 7) is 8.34. The van der Waals surface area contributed by atoms with Crippen molar-refractivity contribution in [2.45, 2.75) is 19.4 Å². The van der Waals surface area contributed by atoms with Gasteiger partial charge in [0.05, 0.1) is 0 Å². The van der Waals surface area contributed by atoms with E-state index in [1.807, 2.05) is 0 Å². The molecule has 1 aromatic carbocycles. The Hall–Kier alpha value is -1.06. The maximum absolute atomic E-state index is 3.59. The number of anilines is 1. The molecule has 1 N–H and O–H groups in total. The minimum Gasteiger partial charge on any atom is -0.384 e. The van der Waals surface area contributed by atoms with Crippen LogP contribution in [0.3, 0.4) is 0 Å². The summed E-state index contributed by atoms with van der Waals surface area (Å²) < 4.78 is 0. The van der Waals surface area contributed by atoms with E-state index in [9.17, 15) is 0 Å². The molecule has 0 amide bonds. The predicted octanol–water partition coefficient (Wildman–Crippen LogP) is 1.91. The monoisotopic (exact) mass is 259 g/mol. The number of nitrogens with zero attached hydrogens (tertiary/aromatic N) is 2. The highest BCUT2D eigenvalue weighted by molar-refractivity contribution is 5.53. The van der Waals surface area contributed by atoms with Gasteiger partial charge in [0.15, 0.2) is 0 Å². The summed E-state index contributed by atoms with van der Waals surface area (Å²) in [6.07, 6.45) is 1.23. The van der Waals surface area contributed by atoms with E-state index in [0.29, 0.717) is 6.04 Å². The zero-order chi connectivity index (χ0) is 13.2. The van der Waals surface area contributed by atoms with Gasteiger partial charge in [-0.25, -0.2) is 0 Å². The lowest BCUT2D eigenvalue weighted by atomic mass is 9.93. The smallest absolute Gasteiger partial charge is 0.0372 e. The van der Waals surface area contributed by atoms with Crippen LogP contribution in [0.4, 0.5) is 5.69 Å². The van der Waals surface area contributed by atoms with Crippen LogP contribution in [0, 0.1) is 5.92 Å². The van der Waals surface area contributed by atoms with Crippen molar-refractivity contribution in [2.24, 2.45) is 5.92 Å². The molecule has 2 heterocycles. The standard InChI is InChI=1S/C16H25N3/c1-13-11-19(8-7-18(13)2)12-14-9-15-5-3-4-6-16(15)17-10-14/h3-6,13-14,17H,7-12H2,1-2H3. The van der Waals surface area contributed by atoms with Crippen LogP contribution >= 0.6 is 0 Å². The second kappa shape index (κ2) is 5.51. The van der Waals surface area contributed by atoms with Gasteiger partial charge in [-0.05, 0) is 37.9 Å². The minimum atomic E-state index is 0.692. The van der Waals surface area contributed by atoms with Gasteiger partial charge in [-0.2, -0.15) is 0 Å². The Morgan fingerprint density at radius 2 is 2.11 bits per heavy atom. The number of benzene rings is 1. The van der Waals surface area contributed by atoms with E-state index in [2.05, 4.69) is 53.4 Å². The Morgan fingerprint density at radius 3 is 2.95 bits per heavy atom. The number of likely N-dealkylation sites (N-methyl/N-ethyl adjacent to an activating group) is 1. The molecule has 2 atom stereocenters. The molecule has 2 unspecified atom stereocenters. The Morgan fingerprint density at radius 1 is 1.26 bits per heavy atom. The maximum atomic E-state index is 3.59. The van der Waals surface area contributed by atoms with E-state index in [1.54, 1.807) is 0 Å². The first-order valence-corrected chi connectivity index (χ1v) is 7.47. The third-order valence-electron chi connectivity index (χ3n) is 4.67. The molecular weight excluding hydrogens is 234 g/mol. The van der Waals surface area contributed by atoms with Gasteiger partial charge in [-0.1, -0.05) is 18.2 Å². The van der Waals surface area contributed by atoms with Crippen LogP contribution in [-0.2, 0) is 6.42 Å². The Labute approximate surface area is 116 Å². The van der Waals surface area contributed by atoms with E-state index in [0.717, 1.165) is 12.5 Å². The van der Waals surface area contributed by atoms with Gasteiger partial charge in [0.2, 0.25) is 0 Å². The maximum Gasteiger partial charge on any atom is 0.0372 e. The zero-order valence-electron chi connectivity index (χ0n) is 12.1.